The van der Waals surface area contributed by atoms with Crippen LogP contribution in [-0.4, -0.2) is 60.9 Å². The smallest absolute Gasteiger partial charge is 0.168 e. The van der Waals surface area contributed by atoms with Crippen molar-refractivity contribution in [3.05, 3.63) is 0 Å². The van der Waals surface area contributed by atoms with E-state index in [2.05, 4.69) is 55.4 Å². The lowest BCUT2D eigenvalue weighted by molar-refractivity contribution is 0.0718. The minimum atomic E-state index is -0.563. The van der Waals surface area contributed by atoms with Crippen molar-refractivity contribution in [3.8, 4) is 0 Å². The van der Waals surface area contributed by atoms with Gasteiger partial charge >= 0.3 is 0 Å². The molecular weight excluding hydrogens is 400 g/mol. The number of ether oxygens (including phenoxy) is 2. The van der Waals surface area contributed by atoms with Crippen molar-refractivity contribution in [2.75, 3.05) is 19.8 Å². The quantitative estimate of drug-likeness (QED) is 0.148. The van der Waals surface area contributed by atoms with Crippen LogP contribution in [0.5, 0.6) is 0 Å². The molecule has 168 valence electrons. The fourth-order valence-electron chi connectivity index (χ4n) is 3.86. The van der Waals surface area contributed by atoms with Crippen LogP contribution in [0.25, 0.3) is 0 Å². The number of hydrogen-bond acceptors (Lipinski definition) is 4. The SMILES string of the molecule is CC(C)C([SiH2]OC(O[SiH2]C(C(C)C)C(C)C)[SiH2]CCCOCC1CO1)C(C)C. The van der Waals surface area contributed by atoms with Crippen LogP contribution >= 0.6 is 0 Å². The molecule has 0 amide bonds. The molecular formula is C21H48O4Si3. The molecule has 1 heterocycles. The highest BCUT2D eigenvalue weighted by Crippen LogP contribution is 2.28. The van der Waals surface area contributed by atoms with Gasteiger partial charge in [0.15, 0.2) is 19.5 Å². The summed E-state index contributed by atoms with van der Waals surface area (Å²) in [6.07, 6.45) is 1.52. The van der Waals surface area contributed by atoms with E-state index in [1.165, 1.54) is 6.04 Å². The van der Waals surface area contributed by atoms with Crippen molar-refractivity contribution < 1.29 is 18.3 Å². The average Bonchev–Trinajstić information content (AvgIpc) is 3.40. The summed E-state index contributed by atoms with van der Waals surface area (Å²) in [5.41, 5.74) is 1.49. The molecule has 4 nitrogen and oxygen atoms in total. The molecule has 0 bridgehead atoms. The van der Waals surface area contributed by atoms with E-state index in [-0.39, 0.29) is 15.4 Å². The third-order valence-corrected chi connectivity index (χ3v) is 14.5. The fraction of sp³-hybridized carbons (Fsp3) is 1.00. The van der Waals surface area contributed by atoms with Crippen LogP contribution < -0.4 is 0 Å². The van der Waals surface area contributed by atoms with Gasteiger partial charge in [0.05, 0.1) is 22.7 Å². The molecule has 0 N–H and O–H groups in total. The Kier molecular flexibility index (Phi) is 13.7. The Morgan fingerprint density at radius 3 is 1.68 bits per heavy atom. The predicted octanol–water partition coefficient (Wildman–Crippen LogP) is 3.06. The zero-order valence-electron chi connectivity index (χ0n) is 19.9. The van der Waals surface area contributed by atoms with Crippen LogP contribution in [0.1, 0.15) is 61.8 Å². The van der Waals surface area contributed by atoms with Crippen LogP contribution in [0.4, 0.5) is 0 Å². The van der Waals surface area contributed by atoms with Gasteiger partial charge in [-0.2, -0.15) is 0 Å². The maximum absolute atomic E-state index is 6.54. The summed E-state index contributed by atoms with van der Waals surface area (Å²) in [6, 6.07) is 1.25. The lowest BCUT2D eigenvalue weighted by Gasteiger charge is -2.30. The third-order valence-electron chi connectivity index (χ3n) is 6.06. The average molecular weight is 449 g/mol. The summed E-state index contributed by atoms with van der Waals surface area (Å²) < 4.78 is 24.0. The summed E-state index contributed by atoms with van der Waals surface area (Å²) in [7, 11) is -1.50. The second-order valence-corrected chi connectivity index (χ2v) is 15.1. The number of rotatable bonds is 17. The summed E-state index contributed by atoms with van der Waals surface area (Å²) in [5, 5.41) is 0. The summed E-state index contributed by atoms with van der Waals surface area (Å²) in [5.74, 6) is 3.00. The first-order valence-corrected chi connectivity index (χ1v) is 16.2. The maximum atomic E-state index is 6.54. The number of hydrogen-bond donors (Lipinski definition) is 0. The molecule has 28 heavy (non-hydrogen) atoms. The van der Waals surface area contributed by atoms with Crippen molar-refractivity contribution in [3.63, 3.8) is 0 Å². The van der Waals surface area contributed by atoms with Gasteiger partial charge in [0.2, 0.25) is 0 Å². The topological polar surface area (TPSA) is 40.2 Å². The van der Waals surface area contributed by atoms with Gasteiger partial charge in [0.25, 0.3) is 0 Å². The first kappa shape index (κ1) is 26.5. The molecule has 1 aliphatic heterocycles. The van der Waals surface area contributed by atoms with E-state index in [4.69, 9.17) is 18.3 Å². The highest BCUT2D eigenvalue weighted by molar-refractivity contribution is 6.41. The molecule has 1 atom stereocenters. The molecule has 0 aromatic rings. The Morgan fingerprint density at radius 2 is 1.29 bits per heavy atom. The molecule has 0 radical (unpaired) electrons. The maximum Gasteiger partial charge on any atom is 0.168 e. The van der Waals surface area contributed by atoms with Crippen LogP contribution in [0.2, 0.25) is 17.1 Å². The molecule has 1 rings (SSSR count). The lowest BCUT2D eigenvalue weighted by Crippen LogP contribution is -2.33. The Bertz CT molecular complexity index is 350. The van der Waals surface area contributed by atoms with Crippen molar-refractivity contribution >= 4 is 29.0 Å². The summed E-state index contributed by atoms with van der Waals surface area (Å²) >= 11 is 0. The lowest BCUT2D eigenvalue weighted by atomic mass is 10.00. The highest BCUT2D eigenvalue weighted by atomic mass is 28.2. The third kappa shape index (κ3) is 11.6. The van der Waals surface area contributed by atoms with E-state index in [1.54, 1.807) is 0 Å². The Hall–Kier alpha value is 0.491. The van der Waals surface area contributed by atoms with Gasteiger partial charge in [-0.3, -0.25) is 0 Å². The van der Waals surface area contributed by atoms with Gasteiger partial charge in [-0.1, -0.05) is 61.4 Å². The largest absolute Gasteiger partial charge is 0.404 e. The minimum Gasteiger partial charge on any atom is -0.404 e. The van der Waals surface area contributed by atoms with Crippen LogP contribution in [-0.2, 0) is 18.3 Å². The van der Waals surface area contributed by atoms with Crippen LogP contribution in [0.3, 0.4) is 0 Å². The van der Waals surface area contributed by atoms with E-state index in [9.17, 15) is 0 Å². The van der Waals surface area contributed by atoms with Gasteiger partial charge in [-0.05, 0) is 41.2 Å². The van der Waals surface area contributed by atoms with Gasteiger partial charge in [0, 0.05) is 6.61 Å². The fourth-order valence-corrected chi connectivity index (χ4v) is 9.63. The Labute approximate surface area is 181 Å². The molecule has 0 aliphatic carbocycles. The zero-order chi connectivity index (χ0) is 21.1. The summed E-state index contributed by atoms with van der Waals surface area (Å²) in [4.78, 5) is 0. The second-order valence-electron chi connectivity index (χ2n) is 9.93. The van der Waals surface area contributed by atoms with Gasteiger partial charge in [-0.25, -0.2) is 0 Å². The molecule has 1 unspecified atom stereocenters. The molecule has 0 spiro atoms. The first-order valence-electron chi connectivity index (χ1n) is 11.6. The predicted molar refractivity (Wildman–Crippen MR) is 128 cm³/mol. The zero-order valence-corrected chi connectivity index (χ0v) is 24.2. The molecule has 0 saturated carbocycles. The summed E-state index contributed by atoms with van der Waals surface area (Å²) in [6.45, 7) is 21.3. The van der Waals surface area contributed by atoms with E-state index in [0.29, 0.717) is 29.8 Å². The van der Waals surface area contributed by atoms with E-state index in [0.717, 1.165) is 37.3 Å². The van der Waals surface area contributed by atoms with Crippen molar-refractivity contribution in [2.24, 2.45) is 23.7 Å². The molecule has 7 heteroatoms. The highest BCUT2D eigenvalue weighted by Gasteiger charge is 2.24. The first-order chi connectivity index (χ1) is 13.2. The monoisotopic (exact) mass is 448 g/mol. The van der Waals surface area contributed by atoms with E-state index < -0.39 is 19.5 Å². The van der Waals surface area contributed by atoms with Crippen molar-refractivity contribution in [1.29, 1.82) is 0 Å². The second kappa shape index (κ2) is 14.5. The normalized spacial score (nSPS) is 19.7. The van der Waals surface area contributed by atoms with E-state index in [1.807, 2.05) is 0 Å². The molecule has 1 fully saturated rings. The van der Waals surface area contributed by atoms with Gasteiger partial charge in [-0.15, -0.1) is 0 Å². The van der Waals surface area contributed by atoms with Crippen LogP contribution in [0.15, 0.2) is 0 Å². The molecule has 0 aromatic carbocycles. The van der Waals surface area contributed by atoms with Crippen molar-refractivity contribution in [2.45, 2.75) is 91.0 Å². The standard InChI is InChI=1S/C21H48O4Si3/c1-14(2)19(15(3)4)27-24-21(25-28-20(16(5)6)17(7)8)26-11-9-10-22-12-18-13-23-18/h14-21H,9-13,26-28H2,1-8H3. The van der Waals surface area contributed by atoms with Crippen molar-refractivity contribution in [1.82, 2.24) is 0 Å². The Balaban J connectivity index is 2.44. The Morgan fingerprint density at radius 1 is 0.821 bits per heavy atom. The van der Waals surface area contributed by atoms with E-state index >= 15 is 0 Å². The minimum absolute atomic E-state index is 0.157. The van der Waals surface area contributed by atoms with Crippen LogP contribution in [0, 0.1) is 23.7 Å². The van der Waals surface area contributed by atoms with Gasteiger partial charge < -0.3 is 18.3 Å². The molecule has 1 aliphatic rings. The molecule has 0 aromatic heterocycles. The number of epoxide rings is 1. The molecule has 1 saturated heterocycles. The van der Waals surface area contributed by atoms with Gasteiger partial charge in [0.1, 0.15) is 12.0 Å².